The van der Waals surface area contributed by atoms with Crippen molar-refractivity contribution in [1.82, 2.24) is 4.98 Å². The quantitative estimate of drug-likeness (QED) is 0.846. The van der Waals surface area contributed by atoms with Gasteiger partial charge in [0, 0.05) is 23.9 Å². The van der Waals surface area contributed by atoms with Crippen LogP contribution in [0.1, 0.15) is 38.2 Å². The molecule has 1 aromatic carbocycles. The fourth-order valence-corrected chi connectivity index (χ4v) is 2.98. The molecule has 104 valence electrons. The second-order valence-corrected chi connectivity index (χ2v) is 5.71. The van der Waals surface area contributed by atoms with Crippen molar-refractivity contribution in [1.29, 1.82) is 5.26 Å². The number of hydrogen-bond acceptors (Lipinski definition) is 3. The van der Waals surface area contributed by atoms with Gasteiger partial charge in [-0.2, -0.15) is 5.26 Å². The van der Waals surface area contributed by atoms with E-state index in [1.165, 1.54) is 5.56 Å². The largest absolute Gasteiger partial charge is 0.294 e. The zero-order chi connectivity index (χ0) is 15.0. The first-order chi connectivity index (χ1) is 10.1. The van der Waals surface area contributed by atoms with E-state index in [1.54, 1.807) is 12.4 Å². The Morgan fingerprint density at radius 1 is 1.33 bits per heavy atom. The Morgan fingerprint density at radius 2 is 2.10 bits per heavy atom. The molecule has 1 aliphatic rings. The Morgan fingerprint density at radius 3 is 2.86 bits per heavy atom. The zero-order valence-electron chi connectivity index (χ0n) is 12.2. The van der Waals surface area contributed by atoms with Gasteiger partial charge in [0.05, 0.1) is 5.56 Å². The number of carbonyl (C=O) groups is 1. The van der Waals surface area contributed by atoms with Crippen molar-refractivity contribution in [3.05, 3.63) is 64.0 Å². The molecule has 0 saturated heterocycles. The number of nitrogens with zero attached hydrogens (tertiary/aromatic N) is 2. The van der Waals surface area contributed by atoms with E-state index in [1.807, 2.05) is 19.1 Å². The number of Topliss-reactive ketones (excluding diaryl/α,β-unsaturated/α-hetero) is 1. The van der Waals surface area contributed by atoms with Gasteiger partial charge in [0.25, 0.3) is 0 Å². The summed E-state index contributed by atoms with van der Waals surface area (Å²) in [7, 11) is 0. The molecule has 1 aliphatic carbocycles. The molecule has 21 heavy (non-hydrogen) atoms. The summed E-state index contributed by atoms with van der Waals surface area (Å²) in [6, 6.07) is 8.12. The topological polar surface area (TPSA) is 53.8 Å². The van der Waals surface area contributed by atoms with Crippen LogP contribution in [-0.2, 0) is 12.8 Å². The molecule has 0 spiro atoms. The Kier molecular flexibility index (Phi) is 3.31. The Labute approximate surface area is 124 Å². The van der Waals surface area contributed by atoms with Crippen LogP contribution in [0.15, 0.2) is 30.6 Å². The lowest BCUT2D eigenvalue weighted by atomic mass is 9.94. The maximum Gasteiger partial charge on any atom is 0.166 e. The van der Waals surface area contributed by atoms with E-state index in [-0.39, 0.29) is 11.7 Å². The minimum absolute atomic E-state index is 0.0595. The fourth-order valence-electron chi connectivity index (χ4n) is 2.98. The molecule has 0 N–H and O–H groups in total. The number of aryl methyl sites for hydroxylation is 2. The van der Waals surface area contributed by atoms with Crippen LogP contribution in [0.2, 0.25) is 0 Å². The van der Waals surface area contributed by atoms with E-state index in [2.05, 4.69) is 24.0 Å². The molecule has 1 atom stereocenters. The summed E-state index contributed by atoms with van der Waals surface area (Å²) in [5.41, 5.74) is 5.85. The van der Waals surface area contributed by atoms with Crippen molar-refractivity contribution in [3.8, 4) is 6.07 Å². The molecule has 1 unspecified atom stereocenters. The summed E-state index contributed by atoms with van der Waals surface area (Å²) in [5.74, 6) is 0.143. The number of pyridine rings is 1. The lowest BCUT2D eigenvalue weighted by molar-refractivity contribution is 0.0936. The lowest BCUT2D eigenvalue weighted by Crippen LogP contribution is -2.13. The van der Waals surface area contributed by atoms with Crippen LogP contribution < -0.4 is 0 Å². The standard InChI is InChI=1S/C18H16N2O/c1-11-5-14-8-15(18(21)17(14)6-12(11)2)7-13-3-4-20-10-16(13)9-19/h3-6,10,15H,7-8H2,1-2H3. The molecule has 1 heterocycles. The van der Waals surface area contributed by atoms with Crippen LogP contribution >= 0.6 is 0 Å². The van der Waals surface area contributed by atoms with Gasteiger partial charge in [-0.15, -0.1) is 0 Å². The van der Waals surface area contributed by atoms with Gasteiger partial charge in [0.2, 0.25) is 0 Å². The lowest BCUT2D eigenvalue weighted by Gasteiger charge is -2.08. The molecular formula is C18H16N2O. The third kappa shape index (κ3) is 2.34. The number of fused-ring (bicyclic) bond motifs is 1. The van der Waals surface area contributed by atoms with E-state index in [4.69, 9.17) is 5.26 Å². The van der Waals surface area contributed by atoms with E-state index in [0.717, 1.165) is 28.7 Å². The van der Waals surface area contributed by atoms with Gasteiger partial charge >= 0.3 is 0 Å². The smallest absolute Gasteiger partial charge is 0.166 e. The van der Waals surface area contributed by atoms with Gasteiger partial charge in [-0.05, 0) is 61.1 Å². The number of nitriles is 1. The van der Waals surface area contributed by atoms with Gasteiger partial charge in [-0.3, -0.25) is 9.78 Å². The van der Waals surface area contributed by atoms with Crippen LogP contribution in [0, 0.1) is 31.1 Å². The first-order valence-electron chi connectivity index (χ1n) is 7.07. The van der Waals surface area contributed by atoms with Gasteiger partial charge in [0.1, 0.15) is 6.07 Å². The molecule has 0 fully saturated rings. The molecule has 3 heteroatoms. The van der Waals surface area contributed by atoms with E-state index >= 15 is 0 Å². The van der Waals surface area contributed by atoms with Gasteiger partial charge in [0.15, 0.2) is 5.78 Å². The van der Waals surface area contributed by atoms with Crippen molar-refractivity contribution in [2.24, 2.45) is 5.92 Å². The van der Waals surface area contributed by atoms with Gasteiger partial charge in [-0.25, -0.2) is 0 Å². The molecule has 1 aromatic heterocycles. The summed E-state index contributed by atoms with van der Waals surface area (Å²) < 4.78 is 0. The summed E-state index contributed by atoms with van der Waals surface area (Å²) in [4.78, 5) is 16.5. The van der Waals surface area contributed by atoms with Crippen LogP contribution in [-0.4, -0.2) is 10.8 Å². The first kappa shape index (κ1) is 13.5. The average molecular weight is 276 g/mol. The predicted octanol–water partition coefficient (Wildman–Crippen LogP) is 3.17. The van der Waals surface area contributed by atoms with Gasteiger partial charge in [-0.1, -0.05) is 6.07 Å². The van der Waals surface area contributed by atoms with E-state index in [9.17, 15) is 4.79 Å². The Hall–Kier alpha value is -2.47. The minimum Gasteiger partial charge on any atom is -0.294 e. The minimum atomic E-state index is -0.0595. The van der Waals surface area contributed by atoms with Crippen LogP contribution in [0.5, 0.6) is 0 Å². The van der Waals surface area contributed by atoms with Crippen molar-refractivity contribution >= 4 is 5.78 Å². The second-order valence-electron chi connectivity index (χ2n) is 5.71. The summed E-state index contributed by atoms with van der Waals surface area (Å²) in [5, 5.41) is 9.13. The number of aromatic nitrogens is 1. The first-order valence-corrected chi connectivity index (χ1v) is 7.07. The highest BCUT2D eigenvalue weighted by Gasteiger charge is 2.31. The number of ketones is 1. The number of benzene rings is 1. The monoisotopic (exact) mass is 276 g/mol. The van der Waals surface area contributed by atoms with E-state index in [0.29, 0.717) is 12.0 Å². The molecular weight excluding hydrogens is 260 g/mol. The number of carbonyl (C=O) groups excluding carboxylic acids is 1. The second kappa shape index (κ2) is 5.14. The third-order valence-corrected chi connectivity index (χ3v) is 4.32. The third-order valence-electron chi connectivity index (χ3n) is 4.32. The van der Waals surface area contributed by atoms with Crippen molar-refractivity contribution in [2.75, 3.05) is 0 Å². The summed E-state index contributed by atoms with van der Waals surface area (Å²) >= 11 is 0. The molecule has 0 aliphatic heterocycles. The molecule has 3 rings (SSSR count). The van der Waals surface area contributed by atoms with Crippen molar-refractivity contribution in [3.63, 3.8) is 0 Å². The van der Waals surface area contributed by atoms with E-state index < -0.39 is 0 Å². The highest BCUT2D eigenvalue weighted by molar-refractivity contribution is 6.02. The Balaban J connectivity index is 1.90. The average Bonchev–Trinajstić information content (AvgIpc) is 2.77. The van der Waals surface area contributed by atoms with Gasteiger partial charge < -0.3 is 0 Å². The molecule has 3 nitrogen and oxygen atoms in total. The normalized spacial score (nSPS) is 16.6. The summed E-state index contributed by atoms with van der Waals surface area (Å²) in [6.07, 6.45) is 4.62. The molecule has 2 aromatic rings. The maximum absolute atomic E-state index is 12.6. The van der Waals surface area contributed by atoms with Crippen LogP contribution in [0.3, 0.4) is 0 Å². The Bertz CT molecular complexity index is 771. The highest BCUT2D eigenvalue weighted by Crippen LogP contribution is 2.31. The fraction of sp³-hybridized carbons (Fsp3) is 0.278. The number of rotatable bonds is 2. The molecule has 0 bridgehead atoms. The number of hydrogen-bond donors (Lipinski definition) is 0. The van der Waals surface area contributed by atoms with Crippen LogP contribution in [0.4, 0.5) is 0 Å². The zero-order valence-corrected chi connectivity index (χ0v) is 12.2. The predicted molar refractivity (Wildman–Crippen MR) is 80.1 cm³/mol. The van der Waals surface area contributed by atoms with Crippen LogP contribution in [0.25, 0.3) is 0 Å². The highest BCUT2D eigenvalue weighted by atomic mass is 16.1. The van der Waals surface area contributed by atoms with Crippen molar-refractivity contribution < 1.29 is 4.79 Å². The SMILES string of the molecule is Cc1cc2c(cc1C)C(=O)C(Cc1ccncc1C#N)C2. The molecule has 0 amide bonds. The summed E-state index contributed by atoms with van der Waals surface area (Å²) in [6.45, 7) is 4.11. The molecule has 0 saturated carbocycles. The molecule has 0 radical (unpaired) electrons. The maximum atomic E-state index is 12.6. The van der Waals surface area contributed by atoms with Crippen molar-refractivity contribution in [2.45, 2.75) is 26.7 Å².